The molecule has 0 unspecified atom stereocenters. The van der Waals surface area contributed by atoms with Crippen LogP contribution in [0.25, 0.3) is 0 Å². The third-order valence-electron chi connectivity index (χ3n) is 0.665. The van der Waals surface area contributed by atoms with Crippen LogP contribution in [0.4, 0.5) is 0 Å². The van der Waals surface area contributed by atoms with Gasteiger partial charge in [-0.3, -0.25) is 0 Å². The topological polar surface area (TPSA) is 66.4 Å². The Kier molecular flexibility index (Phi) is 2.96. The van der Waals surface area contributed by atoms with Crippen LogP contribution in [0.2, 0.25) is 0 Å². The van der Waals surface area contributed by atoms with Crippen molar-refractivity contribution < 1.29 is 13.5 Å². The molecule has 0 aromatic heterocycles. The fourth-order valence-electron chi connectivity index (χ4n) is 0.200. The van der Waals surface area contributed by atoms with E-state index in [0.29, 0.717) is 0 Å². The van der Waals surface area contributed by atoms with Crippen LogP contribution in [0.1, 0.15) is 6.92 Å². The molecule has 0 amide bonds. The molecule has 0 atom stereocenters. The second-order valence-corrected chi connectivity index (χ2v) is 3.30. The quantitative estimate of drug-likeness (QED) is 0.486. The van der Waals surface area contributed by atoms with E-state index >= 15 is 0 Å². The summed E-state index contributed by atoms with van der Waals surface area (Å²) in [5.41, 5.74) is 0. The third-order valence-corrected chi connectivity index (χ3v) is 1.99. The Labute approximate surface area is 48.6 Å². The summed E-state index contributed by atoms with van der Waals surface area (Å²) in [5.74, 6) is 0.00750. The lowest BCUT2D eigenvalue weighted by atomic mass is 11.0. The van der Waals surface area contributed by atoms with Gasteiger partial charge in [0.2, 0.25) is 10.0 Å². The largest absolute Gasteiger partial charge is 0.380 e. The highest BCUT2D eigenvalue weighted by molar-refractivity contribution is 7.89. The summed E-state index contributed by atoms with van der Waals surface area (Å²) in [6.07, 6.45) is 0. The molecule has 0 heterocycles. The molecule has 0 aliphatic heterocycles. The summed E-state index contributed by atoms with van der Waals surface area (Å²) in [6, 6.07) is 0. The third kappa shape index (κ3) is 2.95. The second-order valence-electron chi connectivity index (χ2n) is 1.21. The number of sulfonamides is 1. The summed E-state index contributed by atoms with van der Waals surface area (Å²) in [5, 5.41) is 8.04. The minimum Gasteiger partial charge on any atom is -0.380 e. The minimum absolute atomic E-state index is 0.00750. The molecule has 8 heavy (non-hydrogen) atoms. The standard InChI is InChI=1S/C3H9NO3S/c1-2-8(6,7)4-3-5/h4-5H,2-3H2,1H3. The molecule has 0 aliphatic rings. The number of aliphatic hydroxyl groups excluding tert-OH is 1. The average Bonchev–Trinajstić information content (AvgIpc) is 1.67. The highest BCUT2D eigenvalue weighted by Gasteiger charge is 2.01. The smallest absolute Gasteiger partial charge is 0.213 e. The van der Waals surface area contributed by atoms with Gasteiger partial charge in [0.25, 0.3) is 0 Å². The number of nitrogens with one attached hydrogen (secondary N) is 1. The van der Waals surface area contributed by atoms with Crippen molar-refractivity contribution in [2.75, 3.05) is 12.5 Å². The predicted octanol–water partition coefficient (Wildman–Crippen LogP) is -1.12. The Bertz CT molecular complexity index is 139. The van der Waals surface area contributed by atoms with Gasteiger partial charge in [0.1, 0.15) is 6.73 Å². The number of aliphatic hydroxyl groups is 1. The van der Waals surface area contributed by atoms with Crippen molar-refractivity contribution in [1.29, 1.82) is 0 Å². The van der Waals surface area contributed by atoms with Crippen LogP contribution in [-0.4, -0.2) is 26.0 Å². The molecule has 0 bridgehead atoms. The number of rotatable bonds is 3. The number of hydrogen-bond donors (Lipinski definition) is 2. The van der Waals surface area contributed by atoms with E-state index in [-0.39, 0.29) is 5.75 Å². The summed E-state index contributed by atoms with van der Waals surface area (Å²) < 4.78 is 22.6. The summed E-state index contributed by atoms with van der Waals surface area (Å²) in [4.78, 5) is 0. The van der Waals surface area contributed by atoms with Crippen LogP contribution < -0.4 is 4.72 Å². The maximum absolute atomic E-state index is 10.3. The SMILES string of the molecule is CCS(=O)(=O)NCO. The van der Waals surface area contributed by atoms with Crippen molar-refractivity contribution in [3.8, 4) is 0 Å². The molecule has 0 spiro atoms. The normalized spacial score (nSPS) is 11.8. The van der Waals surface area contributed by atoms with Gasteiger partial charge in [0, 0.05) is 0 Å². The van der Waals surface area contributed by atoms with Crippen LogP contribution in [-0.2, 0) is 10.0 Å². The predicted molar refractivity (Wildman–Crippen MR) is 29.7 cm³/mol. The lowest BCUT2D eigenvalue weighted by Crippen LogP contribution is -2.25. The first-order valence-electron chi connectivity index (χ1n) is 2.20. The summed E-state index contributed by atoms with van der Waals surface area (Å²) >= 11 is 0. The molecule has 5 heteroatoms. The van der Waals surface area contributed by atoms with Crippen molar-refractivity contribution in [3.05, 3.63) is 0 Å². The Hall–Kier alpha value is -0.130. The first-order valence-corrected chi connectivity index (χ1v) is 3.86. The molecule has 0 aromatic rings. The van der Waals surface area contributed by atoms with Gasteiger partial charge in [-0.25, -0.2) is 8.42 Å². The molecule has 0 fully saturated rings. The Morgan fingerprint density at radius 3 is 2.25 bits per heavy atom. The molecule has 0 saturated carbocycles. The maximum atomic E-state index is 10.3. The lowest BCUT2D eigenvalue weighted by Gasteiger charge is -1.96. The van der Waals surface area contributed by atoms with Gasteiger partial charge < -0.3 is 5.11 Å². The average molecular weight is 139 g/mol. The van der Waals surface area contributed by atoms with Crippen LogP contribution >= 0.6 is 0 Å². The zero-order valence-corrected chi connectivity index (χ0v) is 5.40. The molecule has 0 radical (unpaired) electrons. The van der Waals surface area contributed by atoms with Crippen molar-refractivity contribution in [2.24, 2.45) is 0 Å². The molecule has 0 saturated heterocycles. The van der Waals surface area contributed by atoms with E-state index in [9.17, 15) is 8.42 Å². The van der Waals surface area contributed by atoms with Gasteiger partial charge in [-0.05, 0) is 6.92 Å². The molecular formula is C3H9NO3S. The number of hydrogen-bond acceptors (Lipinski definition) is 3. The van der Waals surface area contributed by atoms with Crippen LogP contribution in [0, 0.1) is 0 Å². The highest BCUT2D eigenvalue weighted by atomic mass is 32.2. The van der Waals surface area contributed by atoms with E-state index in [1.807, 2.05) is 4.72 Å². The first kappa shape index (κ1) is 7.87. The van der Waals surface area contributed by atoms with Gasteiger partial charge in [-0.2, -0.15) is 4.72 Å². The minimum atomic E-state index is -3.17. The zero-order valence-electron chi connectivity index (χ0n) is 4.59. The Balaban J connectivity index is 3.76. The summed E-state index contributed by atoms with van der Waals surface area (Å²) in [7, 11) is -3.17. The molecule has 4 nitrogen and oxygen atoms in total. The second kappa shape index (κ2) is 3.01. The van der Waals surface area contributed by atoms with E-state index in [0.717, 1.165) is 0 Å². The summed E-state index contributed by atoms with van der Waals surface area (Å²) in [6.45, 7) is 0.980. The van der Waals surface area contributed by atoms with Crippen molar-refractivity contribution in [2.45, 2.75) is 6.92 Å². The van der Waals surface area contributed by atoms with E-state index in [1.54, 1.807) is 0 Å². The van der Waals surface area contributed by atoms with Gasteiger partial charge in [0.05, 0.1) is 5.75 Å². The van der Waals surface area contributed by atoms with Gasteiger partial charge >= 0.3 is 0 Å². The van der Waals surface area contributed by atoms with Crippen molar-refractivity contribution in [1.82, 2.24) is 4.72 Å². The van der Waals surface area contributed by atoms with Crippen molar-refractivity contribution in [3.63, 3.8) is 0 Å². The molecule has 2 N–H and O–H groups in total. The zero-order chi connectivity index (χ0) is 6.62. The van der Waals surface area contributed by atoms with Gasteiger partial charge in [0.15, 0.2) is 0 Å². The van der Waals surface area contributed by atoms with Crippen molar-refractivity contribution >= 4 is 10.0 Å². The molecule has 0 aromatic carbocycles. The molecule has 50 valence electrons. The lowest BCUT2D eigenvalue weighted by molar-refractivity contribution is 0.288. The Morgan fingerprint density at radius 1 is 1.62 bits per heavy atom. The van der Waals surface area contributed by atoms with Gasteiger partial charge in [-0.1, -0.05) is 0 Å². The Morgan fingerprint density at radius 2 is 2.12 bits per heavy atom. The fraction of sp³-hybridized carbons (Fsp3) is 1.00. The van der Waals surface area contributed by atoms with Gasteiger partial charge in [-0.15, -0.1) is 0 Å². The van der Waals surface area contributed by atoms with E-state index < -0.39 is 16.8 Å². The van der Waals surface area contributed by atoms with E-state index in [2.05, 4.69) is 0 Å². The maximum Gasteiger partial charge on any atom is 0.213 e. The van der Waals surface area contributed by atoms with Crippen LogP contribution in [0.3, 0.4) is 0 Å². The molecular weight excluding hydrogens is 130 g/mol. The van der Waals surface area contributed by atoms with E-state index in [4.69, 9.17) is 5.11 Å². The highest BCUT2D eigenvalue weighted by Crippen LogP contribution is 1.77. The molecule has 0 aliphatic carbocycles. The van der Waals surface area contributed by atoms with E-state index in [1.165, 1.54) is 6.92 Å². The van der Waals surface area contributed by atoms with Crippen LogP contribution in [0.5, 0.6) is 0 Å². The fourth-order valence-corrected chi connectivity index (χ4v) is 0.601. The monoisotopic (exact) mass is 139 g/mol. The molecule has 0 rings (SSSR count). The van der Waals surface area contributed by atoms with Crippen LogP contribution in [0.15, 0.2) is 0 Å². The first-order chi connectivity index (χ1) is 3.62.